The number of esters is 2. The molecule has 2 N–H and O–H groups in total. The third-order valence-corrected chi connectivity index (χ3v) is 9.19. The van der Waals surface area contributed by atoms with Gasteiger partial charge in [0.15, 0.2) is 11.9 Å². The molecule has 11 heteroatoms. The lowest BCUT2D eigenvalue weighted by Crippen LogP contribution is -2.51. The molecule has 2 aromatic rings. The van der Waals surface area contributed by atoms with E-state index < -0.39 is 59.3 Å². The number of anilines is 1. The van der Waals surface area contributed by atoms with Gasteiger partial charge in [0.1, 0.15) is 18.2 Å². The molecule has 2 amide bonds. The van der Waals surface area contributed by atoms with Crippen LogP contribution < -0.4 is 15.5 Å². The molecule has 2 aromatic carbocycles. The Hall–Kier alpha value is -4.48. The maximum atomic E-state index is 13.8. The van der Waals surface area contributed by atoms with Gasteiger partial charge in [0.2, 0.25) is 11.8 Å². The fourth-order valence-electron chi connectivity index (χ4n) is 6.06. The molecule has 1 heterocycles. The van der Waals surface area contributed by atoms with Crippen LogP contribution in [0, 0.1) is 17.3 Å². The maximum absolute atomic E-state index is 13.8. The number of benzene rings is 2. The lowest BCUT2D eigenvalue weighted by molar-refractivity contribution is -0.182. The van der Waals surface area contributed by atoms with Crippen molar-refractivity contribution in [1.82, 2.24) is 10.6 Å². The van der Waals surface area contributed by atoms with Crippen molar-refractivity contribution in [3.8, 4) is 0 Å². The highest BCUT2D eigenvalue weighted by Gasteiger charge is 2.47. The quantitative estimate of drug-likeness (QED) is 0.100. The van der Waals surface area contributed by atoms with E-state index in [9.17, 15) is 19.2 Å². The van der Waals surface area contributed by atoms with Crippen molar-refractivity contribution in [2.24, 2.45) is 17.3 Å². The first-order valence-corrected chi connectivity index (χ1v) is 18.3. The highest BCUT2D eigenvalue weighted by atomic mass is 16.8. The molecule has 0 bridgehead atoms. The molecular weight excluding hydrogens is 674 g/mol. The minimum atomic E-state index is -1.23. The van der Waals surface area contributed by atoms with Gasteiger partial charge in [-0.1, -0.05) is 75.9 Å². The van der Waals surface area contributed by atoms with Crippen LogP contribution in [-0.4, -0.2) is 74.5 Å². The number of ether oxygens (including phenoxy) is 4. The minimum Gasteiger partial charge on any atom is -0.459 e. The van der Waals surface area contributed by atoms with Crippen LogP contribution in [0.1, 0.15) is 78.5 Å². The molecule has 0 spiro atoms. The summed E-state index contributed by atoms with van der Waals surface area (Å²) < 4.78 is 24.6. The normalized spacial score (nSPS) is 18.9. The summed E-state index contributed by atoms with van der Waals surface area (Å²) in [4.78, 5) is 55.1. The summed E-state index contributed by atoms with van der Waals surface area (Å²) >= 11 is 0. The largest absolute Gasteiger partial charge is 0.459 e. The molecule has 0 aliphatic carbocycles. The summed E-state index contributed by atoms with van der Waals surface area (Å²) in [7, 11) is 3.86. The Balaban J connectivity index is 1.72. The number of amides is 2. The van der Waals surface area contributed by atoms with Crippen molar-refractivity contribution in [2.45, 2.75) is 104 Å². The highest BCUT2D eigenvalue weighted by Crippen LogP contribution is 2.43. The predicted octanol–water partition coefficient (Wildman–Crippen LogP) is 6.08. The van der Waals surface area contributed by atoms with E-state index in [4.69, 9.17) is 18.9 Å². The number of nitrogens with zero attached hydrogens (tertiary/aromatic N) is 1. The Bertz CT molecular complexity index is 1550. The topological polar surface area (TPSA) is 132 Å². The lowest BCUT2D eigenvalue weighted by atomic mass is 9.89. The van der Waals surface area contributed by atoms with Crippen molar-refractivity contribution in [2.75, 3.05) is 25.5 Å². The van der Waals surface area contributed by atoms with E-state index >= 15 is 0 Å². The Morgan fingerprint density at radius 2 is 1.60 bits per heavy atom. The van der Waals surface area contributed by atoms with Gasteiger partial charge in [0.05, 0.1) is 11.5 Å². The first-order valence-electron chi connectivity index (χ1n) is 18.3. The third-order valence-electron chi connectivity index (χ3n) is 9.19. The molecule has 6 atom stereocenters. The molecule has 1 fully saturated rings. The summed E-state index contributed by atoms with van der Waals surface area (Å²) in [6, 6.07) is 16.5. The van der Waals surface area contributed by atoms with Crippen LogP contribution in [0.5, 0.6) is 0 Å². The molecule has 290 valence electrons. The van der Waals surface area contributed by atoms with E-state index in [1.165, 1.54) is 0 Å². The van der Waals surface area contributed by atoms with Gasteiger partial charge in [-0.25, -0.2) is 4.79 Å². The number of carbonyl (C=O) groups is 4. The number of rotatable bonds is 19. The van der Waals surface area contributed by atoms with E-state index in [1.807, 2.05) is 108 Å². The molecule has 11 nitrogen and oxygen atoms in total. The van der Waals surface area contributed by atoms with Crippen LogP contribution in [0.4, 0.5) is 5.69 Å². The molecule has 1 aliphatic heterocycles. The standard InChI is InChI=1S/C42H59N3O8/c1-12-17-33(28(5)36-37(53-42(8,9)52-36)30-18-15-14-16-19-30)50-39(48)34(24-27(3)4)51-40(49)41(6,7)26-43-38(47)32(44-35(46)13-2)25-29-20-22-31(23-21-29)45(10)11/h12-16,18-23,27-28,32-34,36-37H,1-2,17,24-26H2,3-11H3,(H,43,47)(H,44,46)/t28-,32+,33-,34-,36+,37+/m0/s1. The number of hydrogen-bond acceptors (Lipinski definition) is 9. The Morgan fingerprint density at radius 3 is 2.17 bits per heavy atom. The Morgan fingerprint density at radius 1 is 0.962 bits per heavy atom. The smallest absolute Gasteiger partial charge is 0.347 e. The van der Waals surface area contributed by atoms with E-state index in [0.717, 1.165) is 22.9 Å². The van der Waals surface area contributed by atoms with Gasteiger partial charge in [-0.2, -0.15) is 0 Å². The van der Waals surface area contributed by atoms with Crippen LogP contribution in [0.2, 0.25) is 0 Å². The first kappa shape index (κ1) is 42.9. The molecule has 1 saturated heterocycles. The van der Waals surface area contributed by atoms with Crippen LogP contribution in [0.3, 0.4) is 0 Å². The summed E-state index contributed by atoms with van der Waals surface area (Å²) in [5.74, 6) is -3.51. The van der Waals surface area contributed by atoms with Crippen molar-refractivity contribution < 1.29 is 38.1 Å². The predicted molar refractivity (Wildman–Crippen MR) is 206 cm³/mol. The van der Waals surface area contributed by atoms with E-state index in [2.05, 4.69) is 23.8 Å². The fraction of sp³-hybridized carbons (Fsp3) is 0.524. The second kappa shape index (κ2) is 19.0. The fourth-order valence-corrected chi connectivity index (χ4v) is 6.06. The SMILES string of the molecule is C=CC[C@H](OC(=O)[C@H](CC(C)C)OC(=O)C(C)(C)CNC(=O)[C@@H](Cc1ccc(N(C)C)cc1)NC(=O)C=C)[C@H](C)[C@H]1OC(C)(C)O[C@@H]1c1ccccc1. The number of carbonyl (C=O) groups excluding carboxylic acids is 4. The second-order valence-corrected chi connectivity index (χ2v) is 15.4. The number of hydrogen-bond donors (Lipinski definition) is 2. The highest BCUT2D eigenvalue weighted by molar-refractivity contribution is 5.93. The molecule has 53 heavy (non-hydrogen) atoms. The molecule has 3 rings (SSSR count). The molecule has 0 aromatic heterocycles. The monoisotopic (exact) mass is 733 g/mol. The van der Waals surface area contributed by atoms with Gasteiger partial charge >= 0.3 is 11.9 Å². The molecular formula is C42H59N3O8. The average molecular weight is 734 g/mol. The van der Waals surface area contributed by atoms with Gasteiger partial charge in [0, 0.05) is 45.1 Å². The van der Waals surface area contributed by atoms with Gasteiger partial charge in [-0.15, -0.1) is 6.58 Å². The van der Waals surface area contributed by atoms with E-state index in [1.54, 1.807) is 19.9 Å². The Kier molecular flexibility index (Phi) is 15.4. The Labute approximate surface area is 315 Å². The van der Waals surface area contributed by atoms with Gasteiger partial charge in [0.25, 0.3) is 0 Å². The lowest BCUT2D eigenvalue weighted by Gasteiger charge is -2.32. The van der Waals surface area contributed by atoms with Crippen molar-refractivity contribution in [3.63, 3.8) is 0 Å². The van der Waals surface area contributed by atoms with E-state index in [0.29, 0.717) is 6.42 Å². The van der Waals surface area contributed by atoms with Gasteiger partial charge in [-0.3, -0.25) is 14.4 Å². The van der Waals surface area contributed by atoms with Crippen LogP contribution in [0.15, 0.2) is 79.9 Å². The zero-order chi connectivity index (χ0) is 39.5. The summed E-state index contributed by atoms with van der Waals surface area (Å²) in [6.45, 7) is 20.0. The molecule has 1 aliphatic rings. The van der Waals surface area contributed by atoms with E-state index in [-0.39, 0.29) is 37.3 Å². The number of nitrogens with one attached hydrogen (secondary N) is 2. The van der Waals surface area contributed by atoms with Crippen molar-refractivity contribution in [3.05, 3.63) is 91.0 Å². The maximum Gasteiger partial charge on any atom is 0.347 e. The first-order chi connectivity index (χ1) is 24.9. The van der Waals surface area contributed by atoms with Crippen molar-refractivity contribution >= 4 is 29.4 Å². The van der Waals surface area contributed by atoms with Crippen molar-refractivity contribution in [1.29, 1.82) is 0 Å². The molecule has 0 radical (unpaired) electrons. The average Bonchev–Trinajstić information content (AvgIpc) is 3.44. The molecule has 0 unspecified atom stereocenters. The van der Waals surface area contributed by atoms with Crippen LogP contribution in [-0.2, 0) is 44.5 Å². The van der Waals surface area contributed by atoms with Crippen LogP contribution >= 0.6 is 0 Å². The third kappa shape index (κ3) is 12.6. The zero-order valence-corrected chi connectivity index (χ0v) is 32.8. The van der Waals surface area contributed by atoms with Crippen LogP contribution in [0.25, 0.3) is 0 Å². The molecule has 0 saturated carbocycles. The summed E-state index contributed by atoms with van der Waals surface area (Å²) in [5, 5.41) is 5.48. The summed E-state index contributed by atoms with van der Waals surface area (Å²) in [6.07, 6.45) is 0.925. The minimum absolute atomic E-state index is 0.00529. The van der Waals surface area contributed by atoms with Gasteiger partial charge in [-0.05, 0) is 69.4 Å². The summed E-state index contributed by atoms with van der Waals surface area (Å²) in [5.41, 5.74) is 1.55. The second-order valence-electron chi connectivity index (χ2n) is 15.4. The van der Waals surface area contributed by atoms with Gasteiger partial charge < -0.3 is 34.5 Å². The zero-order valence-electron chi connectivity index (χ0n) is 32.8.